The van der Waals surface area contributed by atoms with Gasteiger partial charge in [-0.1, -0.05) is 60.7 Å². The van der Waals surface area contributed by atoms with Gasteiger partial charge in [-0.2, -0.15) is 0 Å². The van der Waals surface area contributed by atoms with Crippen LogP contribution in [0.15, 0.2) is 71.5 Å². The van der Waals surface area contributed by atoms with Gasteiger partial charge in [0.25, 0.3) is 5.56 Å². The number of nitrogens with zero attached hydrogens (tertiary/aromatic N) is 2. The van der Waals surface area contributed by atoms with Crippen LogP contribution in [0.25, 0.3) is 20.7 Å². The fourth-order valence-corrected chi connectivity index (χ4v) is 4.22. The van der Waals surface area contributed by atoms with Crippen LogP contribution in [0, 0.1) is 6.92 Å². The summed E-state index contributed by atoms with van der Waals surface area (Å²) in [6.07, 6.45) is 0.642. The van der Waals surface area contributed by atoms with Gasteiger partial charge >= 0.3 is 5.97 Å². The second-order valence-electron chi connectivity index (χ2n) is 6.70. The van der Waals surface area contributed by atoms with Gasteiger partial charge in [0.1, 0.15) is 17.2 Å². The summed E-state index contributed by atoms with van der Waals surface area (Å²) in [5.41, 5.74) is 1.92. The summed E-state index contributed by atoms with van der Waals surface area (Å²) in [6.45, 7) is 1.88. The van der Waals surface area contributed by atoms with Gasteiger partial charge in [0, 0.05) is 11.3 Å². The molecule has 0 unspecified atom stereocenters. The van der Waals surface area contributed by atoms with E-state index in [1.807, 2.05) is 66.7 Å². The minimum absolute atomic E-state index is 0.140. The van der Waals surface area contributed by atoms with Crippen molar-refractivity contribution in [3.05, 3.63) is 88.5 Å². The summed E-state index contributed by atoms with van der Waals surface area (Å²) < 4.78 is 6.71. The van der Waals surface area contributed by atoms with Gasteiger partial charge in [-0.15, -0.1) is 11.3 Å². The molecule has 5 nitrogen and oxygen atoms in total. The van der Waals surface area contributed by atoms with Crippen LogP contribution < -0.4 is 5.56 Å². The lowest BCUT2D eigenvalue weighted by molar-refractivity contribution is -0.144. The van der Waals surface area contributed by atoms with Crippen molar-refractivity contribution in [1.29, 1.82) is 0 Å². The summed E-state index contributed by atoms with van der Waals surface area (Å²) in [7, 11) is 0. The van der Waals surface area contributed by atoms with E-state index in [2.05, 4.69) is 4.98 Å². The van der Waals surface area contributed by atoms with E-state index < -0.39 is 5.97 Å². The Kier molecular flexibility index (Phi) is 5.53. The molecule has 0 N–H and O–H groups in total. The first-order valence-corrected chi connectivity index (χ1v) is 10.2. The third kappa shape index (κ3) is 4.27. The summed E-state index contributed by atoms with van der Waals surface area (Å²) in [4.78, 5) is 31.4. The second kappa shape index (κ2) is 8.41. The molecule has 0 aliphatic rings. The average molecular weight is 404 g/mol. The minimum atomic E-state index is -0.439. The number of fused-ring (bicyclic) bond motifs is 1. The second-order valence-corrected chi connectivity index (χ2v) is 7.73. The highest BCUT2D eigenvalue weighted by atomic mass is 32.1. The molecule has 0 atom stereocenters. The Hall–Kier alpha value is -3.25. The molecule has 146 valence electrons. The molecule has 0 aliphatic carbocycles. The number of carbonyl (C=O) groups excluding carboxylic acids is 1. The number of rotatable bonds is 6. The van der Waals surface area contributed by atoms with Crippen molar-refractivity contribution in [1.82, 2.24) is 9.55 Å². The highest BCUT2D eigenvalue weighted by Crippen LogP contribution is 2.30. The Morgan fingerprint density at radius 2 is 1.76 bits per heavy atom. The maximum Gasteiger partial charge on any atom is 0.326 e. The first-order valence-electron chi connectivity index (χ1n) is 9.38. The number of carbonyl (C=O) groups is 1. The van der Waals surface area contributed by atoms with Gasteiger partial charge in [-0.05, 0) is 24.1 Å². The van der Waals surface area contributed by atoms with Crippen LogP contribution in [-0.4, -0.2) is 22.1 Å². The first kappa shape index (κ1) is 19.1. The zero-order chi connectivity index (χ0) is 20.2. The van der Waals surface area contributed by atoms with Crippen molar-refractivity contribution < 1.29 is 9.53 Å². The molecule has 0 amide bonds. The average Bonchev–Trinajstić information content (AvgIpc) is 3.17. The van der Waals surface area contributed by atoms with E-state index in [-0.39, 0.29) is 18.7 Å². The van der Waals surface area contributed by atoms with E-state index in [0.29, 0.717) is 22.5 Å². The highest BCUT2D eigenvalue weighted by Gasteiger charge is 2.15. The normalized spacial score (nSPS) is 10.9. The summed E-state index contributed by atoms with van der Waals surface area (Å²) in [5, 5.41) is 0.525. The molecule has 0 bridgehead atoms. The third-order valence-electron chi connectivity index (χ3n) is 4.68. The molecule has 0 fully saturated rings. The highest BCUT2D eigenvalue weighted by molar-refractivity contribution is 7.21. The fraction of sp³-hybridized carbons (Fsp3) is 0.174. The number of hydrogen-bond acceptors (Lipinski definition) is 5. The molecular formula is C23H20N2O3S. The van der Waals surface area contributed by atoms with Crippen LogP contribution in [0.2, 0.25) is 0 Å². The maximum absolute atomic E-state index is 12.9. The Bertz CT molecular complexity index is 1200. The van der Waals surface area contributed by atoms with E-state index in [0.717, 1.165) is 16.0 Å². The molecule has 2 heterocycles. The fourth-order valence-electron chi connectivity index (χ4n) is 3.15. The third-order valence-corrected chi connectivity index (χ3v) is 5.76. The lowest BCUT2D eigenvalue weighted by atomic mass is 10.2. The predicted molar refractivity (Wildman–Crippen MR) is 115 cm³/mol. The zero-order valence-electron chi connectivity index (χ0n) is 16.0. The molecule has 6 heteroatoms. The van der Waals surface area contributed by atoms with Crippen LogP contribution >= 0.6 is 11.3 Å². The van der Waals surface area contributed by atoms with Crippen LogP contribution in [0.3, 0.4) is 0 Å². The SMILES string of the molecule is Cc1nc2sc(-c3ccccc3)cc2c(=O)n1CC(=O)OCCc1ccccc1. The number of hydrogen-bond donors (Lipinski definition) is 0. The summed E-state index contributed by atoms with van der Waals surface area (Å²) >= 11 is 1.48. The Labute approximate surface area is 172 Å². The van der Waals surface area contributed by atoms with Crippen molar-refractivity contribution in [2.24, 2.45) is 0 Å². The van der Waals surface area contributed by atoms with E-state index >= 15 is 0 Å². The van der Waals surface area contributed by atoms with Crippen molar-refractivity contribution in [3.8, 4) is 10.4 Å². The van der Waals surface area contributed by atoms with Crippen molar-refractivity contribution in [2.45, 2.75) is 19.9 Å². The molecule has 0 radical (unpaired) electrons. The Balaban J connectivity index is 1.51. The molecule has 0 saturated heterocycles. The smallest absolute Gasteiger partial charge is 0.326 e. The predicted octanol–water partition coefficient (Wildman–Crippen LogP) is 4.22. The monoisotopic (exact) mass is 404 g/mol. The van der Waals surface area contributed by atoms with Crippen molar-refractivity contribution in [3.63, 3.8) is 0 Å². The number of benzene rings is 2. The molecular weight excluding hydrogens is 384 g/mol. The van der Waals surface area contributed by atoms with Gasteiger partial charge in [0.05, 0.1) is 12.0 Å². The van der Waals surface area contributed by atoms with Gasteiger partial charge in [0.2, 0.25) is 0 Å². The molecule has 4 aromatic rings. The lowest BCUT2D eigenvalue weighted by Gasteiger charge is -2.09. The molecule has 4 rings (SSSR count). The number of aromatic nitrogens is 2. The van der Waals surface area contributed by atoms with Crippen LogP contribution in [0.1, 0.15) is 11.4 Å². The number of aryl methyl sites for hydroxylation is 1. The van der Waals surface area contributed by atoms with E-state index in [1.54, 1.807) is 6.92 Å². The van der Waals surface area contributed by atoms with E-state index in [1.165, 1.54) is 15.9 Å². The van der Waals surface area contributed by atoms with Crippen molar-refractivity contribution in [2.75, 3.05) is 6.61 Å². The zero-order valence-corrected chi connectivity index (χ0v) is 16.8. The minimum Gasteiger partial charge on any atom is -0.464 e. The molecule has 29 heavy (non-hydrogen) atoms. The van der Waals surface area contributed by atoms with Crippen LogP contribution in [0.4, 0.5) is 0 Å². The molecule has 0 saturated carbocycles. The topological polar surface area (TPSA) is 61.2 Å². The van der Waals surface area contributed by atoms with Gasteiger partial charge < -0.3 is 4.74 Å². The lowest BCUT2D eigenvalue weighted by Crippen LogP contribution is -2.28. The standard InChI is InChI=1S/C23H20N2O3S/c1-16-24-22-19(14-20(29-22)18-10-6-3-7-11-18)23(27)25(16)15-21(26)28-13-12-17-8-4-2-5-9-17/h2-11,14H,12-13,15H2,1H3. The van der Waals surface area contributed by atoms with Gasteiger partial charge in [0.15, 0.2) is 0 Å². The molecule has 0 spiro atoms. The maximum atomic E-state index is 12.9. The molecule has 2 aromatic heterocycles. The molecule has 0 aliphatic heterocycles. The van der Waals surface area contributed by atoms with E-state index in [9.17, 15) is 9.59 Å². The summed E-state index contributed by atoms with van der Waals surface area (Å²) in [6, 6.07) is 21.5. The van der Waals surface area contributed by atoms with Crippen LogP contribution in [0.5, 0.6) is 0 Å². The molecule has 2 aromatic carbocycles. The quantitative estimate of drug-likeness (QED) is 0.452. The Morgan fingerprint density at radius 1 is 1.07 bits per heavy atom. The number of thiophene rings is 1. The number of esters is 1. The summed E-state index contributed by atoms with van der Waals surface area (Å²) in [5.74, 6) is 0.0646. The van der Waals surface area contributed by atoms with Crippen molar-refractivity contribution >= 4 is 27.5 Å². The van der Waals surface area contributed by atoms with Crippen LogP contribution in [-0.2, 0) is 22.5 Å². The van der Waals surface area contributed by atoms with Gasteiger partial charge in [-0.3, -0.25) is 14.2 Å². The van der Waals surface area contributed by atoms with E-state index in [4.69, 9.17) is 4.74 Å². The largest absolute Gasteiger partial charge is 0.464 e. The first-order chi connectivity index (χ1) is 14.1. The Morgan fingerprint density at radius 3 is 2.48 bits per heavy atom. The number of ether oxygens (including phenoxy) is 1. The van der Waals surface area contributed by atoms with Gasteiger partial charge in [-0.25, -0.2) is 4.98 Å².